The van der Waals surface area contributed by atoms with E-state index in [0.717, 1.165) is 11.1 Å². The van der Waals surface area contributed by atoms with Gasteiger partial charge in [-0.25, -0.2) is 9.37 Å². The molecule has 0 fully saturated rings. The van der Waals surface area contributed by atoms with Crippen LogP contribution in [0.4, 0.5) is 14.5 Å². The van der Waals surface area contributed by atoms with E-state index in [1.807, 2.05) is 42.5 Å². The molecule has 5 nitrogen and oxygen atoms in total. The number of nitrogens with one attached hydrogen (secondary N) is 2. The third-order valence-corrected chi connectivity index (χ3v) is 5.86. The van der Waals surface area contributed by atoms with E-state index in [9.17, 15) is 9.18 Å². The first kappa shape index (κ1) is 22.4. The number of rotatable bonds is 7. The van der Waals surface area contributed by atoms with Gasteiger partial charge in [-0.3, -0.25) is 10.2 Å². The summed E-state index contributed by atoms with van der Waals surface area (Å²) < 4.78 is 13.2. The molecule has 0 aliphatic heterocycles. The average Bonchev–Trinajstić information content (AvgIpc) is 3.22. The second-order valence-electron chi connectivity index (χ2n) is 7.72. The first-order valence-corrected chi connectivity index (χ1v) is 11.3. The Kier molecular flexibility index (Phi) is 6.90. The lowest BCUT2D eigenvalue weighted by Crippen LogP contribution is -2.11. The number of hydrogen-bond donors (Lipinski definition) is 2. The van der Waals surface area contributed by atoms with Crippen molar-refractivity contribution in [3.8, 4) is 11.3 Å². The summed E-state index contributed by atoms with van der Waals surface area (Å²) in [4.78, 5) is 17.3. The summed E-state index contributed by atoms with van der Waals surface area (Å²) in [5.41, 5.74) is 7.06. The molecule has 1 aromatic heterocycles. The minimum Gasteiger partial charge on any atom is -0.312 e. The number of hydrazone groups is 1. The van der Waals surface area contributed by atoms with Crippen LogP contribution in [-0.2, 0) is 0 Å². The van der Waals surface area contributed by atoms with Crippen LogP contribution in [0.15, 0.2) is 84.0 Å². The molecule has 1 heterocycles. The number of benzene rings is 3. The molecular formula is C26H23FN4OS. The monoisotopic (exact) mass is 458 g/mol. The average molecular weight is 459 g/mol. The van der Waals surface area contributed by atoms with E-state index < -0.39 is 5.82 Å². The minimum atomic E-state index is -0.391. The summed E-state index contributed by atoms with van der Waals surface area (Å²) in [6.07, 6.45) is 1.73. The zero-order valence-electron chi connectivity index (χ0n) is 18.2. The highest BCUT2D eigenvalue weighted by Gasteiger charge is 2.16. The molecule has 0 atom stereocenters. The molecule has 4 aromatic rings. The lowest BCUT2D eigenvalue weighted by atomic mass is 10.0. The second kappa shape index (κ2) is 10.2. The molecule has 3 aromatic carbocycles. The van der Waals surface area contributed by atoms with Crippen molar-refractivity contribution in [2.24, 2.45) is 5.10 Å². The Balaban J connectivity index is 1.54. The van der Waals surface area contributed by atoms with Gasteiger partial charge in [-0.2, -0.15) is 5.10 Å². The highest BCUT2D eigenvalue weighted by atomic mass is 32.1. The van der Waals surface area contributed by atoms with Crippen molar-refractivity contribution < 1.29 is 9.18 Å². The first-order chi connectivity index (χ1) is 16.0. The topological polar surface area (TPSA) is 66.4 Å². The molecule has 1 amide bonds. The molecule has 0 spiro atoms. The summed E-state index contributed by atoms with van der Waals surface area (Å²) in [7, 11) is 0. The molecular weight excluding hydrogens is 435 g/mol. The Morgan fingerprint density at radius 1 is 1.00 bits per heavy atom. The van der Waals surface area contributed by atoms with Gasteiger partial charge in [0.05, 0.1) is 6.21 Å². The Bertz CT molecular complexity index is 1250. The lowest BCUT2D eigenvalue weighted by molar-refractivity contribution is 0.102. The second-order valence-corrected chi connectivity index (χ2v) is 8.71. The Morgan fingerprint density at radius 3 is 2.36 bits per heavy atom. The van der Waals surface area contributed by atoms with Crippen LogP contribution in [0.1, 0.15) is 41.3 Å². The van der Waals surface area contributed by atoms with Gasteiger partial charge in [0.15, 0.2) is 0 Å². The van der Waals surface area contributed by atoms with Gasteiger partial charge in [0.25, 0.3) is 5.91 Å². The maximum absolute atomic E-state index is 13.2. The summed E-state index contributed by atoms with van der Waals surface area (Å²) in [6.45, 7) is 4.31. The number of carbonyl (C=O) groups excluding carboxylic acids is 1. The summed E-state index contributed by atoms with van der Waals surface area (Å²) >= 11 is 1.28. The van der Waals surface area contributed by atoms with Crippen LogP contribution in [0.3, 0.4) is 0 Å². The number of thiazole rings is 1. The molecule has 0 aliphatic rings. The van der Waals surface area contributed by atoms with Crippen molar-refractivity contribution in [1.82, 2.24) is 4.98 Å². The van der Waals surface area contributed by atoms with Gasteiger partial charge in [0, 0.05) is 11.1 Å². The quantitative estimate of drug-likeness (QED) is 0.237. The van der Waals surface area contributed by atoms with Crippen molar-refractivity contribution in [2.75, 3.05) is 10.7 Å². The van der Waals surface area contributed by atoms with Crippen molar-refractivity contribution in [3.05, 3.63) is 101 Å². The molecule has 166 valence electrons. The van der Waals surface area contributed by atoms with Crippen LogP contribution < -0.4 is 10.7 Å². The van der Waals surface area contributed by atoms with E-state index in [1.54, 1.807) is 6.21 Å². The Morgan fingerprint density at radius 2 is 1.70 bits per heavy atom. The van der Waals surface area contributed by atoms with E-state index >= 15 is 0 Å². The van der Waals surface area contributed by atoms with Crippen LogP contribution in [0, 0.1) is 5.82 Å². The third kappa shape index (κ3) is 5.70. The van der Waals surface area contributed by atoms with Crippen LogP contribution >= 0.6 is 11.3 Å². The fourth-order valence-corrected chi connectivity index (χ4v) is 3.98. The van der Waals surface area contributed by atoms with E-state index in [4.69, 9.17) is 0 Å². The number of carbonyl (C=O) groups is 1. The zero-order chi connectivity index (χ0) is 23.2. The van der Waals surface area contributed by atoms with E-state index in [0.29, 0.717) is 27.3 Å². The van der Waals surface area contributed by atoms with Crippen LogP contribution in [0.25, 0.3) is 11.3 Å². The molecule has 0 unspecified atom stereocenters. The van der Waals surface area contributed by atoms with E-state index in [1.165, 1.54) is 41.2 Å². The molecule has 0 bridgehead atoms. The van der Waals surface area contributed by atoms with Crippen molar-refractivity contribution in [1.29, 1.82) is 0 Å². The first-order valence-electron chi connectivity index (χ1n) is 10.5. The molecule has 7 heteroatoms. The predicted octanol–water partition coefficient (Wildman–Crippen LogP) is 6.77. The summed E-state index contributed by atoms with van der Waals surface area (Å²) in [6, 6.07) is 23.2. The predicted molar refractivity (Wildman–Crippen MR) is 134 cm³/mol. The summed E-state index contributed by atoms with van der Waals surface area (Å²) in [5, 5.41) is 8.31. The molecule has 4 rings (SSSR count). The van der Waals surface area contributed by atoms with Gasteiger partial charge in [-0.05, 0) is 41.3 Å². The van der Waals surface area contributed by atoms with Gasteiger partial charge in [-0.1, -0.05) is 79.8 Å². The van der Waals surface area contributed by atoms with Crippen molar-refractivity contribution >= 4 is 33.6 Å². The maximum Gasteiger partial charge on any atom is 0.256 e. The van der Waals surface area contributed by atoms with Gasteiger partial charge in [-0.15, -0.1) is 0 Å². The Labute approximate surface area is 196 Å². The molecule has 0 radical (unpaired) electrons. The van der Waals surface area contributed by atoms with Crippen molar-refractivity contribution in [2.45, 2.75) is 19.8 Å². The highest BCUT2D eigenvalue weighted by Crippen LogP contribution is 2.36. The van der Waals surface area contributed by atoms with Crippen LogP contribution in [-0.4, -0.2) is 17.1 Å². The lowest BCUT2D eigenvalue weighted by Gasteiger charge is -2.05. The molecule has 0 saturated heterocycles. The van der Waals surface area contributed by atoms with Gasteiger partial charge in [0.2, 0.25) is 5.13 Å². The largest absolute Gasteiger partial charge is 0.312 e. The Hall–Kier alpha value is -3.84. The van der Waals surface area contributed by atoms with E-state index in [-0.39, 0.29) is 5.91 Å². The van der Waals surface area contributed by atoms with Crippen LogP contribution in [0.5, 0.6) is 0 Å². The number of nitrogens with zero attached hydrogens (tertiary/aromatic N) is 2. The fraction of sp³-hybridized carbons (Fsp3) is 0.115. The normalized spacial score (nSPS) is 11.2. The number of aromatic nitrogens is 1. The molecule has 2 N–H and O–H groups in total. The number of amides is 1. The minimum absolute atomic E-state index is 0.337. The summed E-state index contributed by atoms with van der Waals surface area (Å²) in [5.74, 6) is -0.252. The molecule has 33 heavy (non-hydrogen) atoms. The fourth-order valence-electron chi connectivity index (χ4n) is 3.15. The smallest absolute Gasteiger partial charge is 0.256 e. The number of halogens is 1. The van der Waals surface area contributed by atoms with Gasteiger partial charge >= 0.3 is 0 Å². The van der Waals surface area contributed by atoms with E-state index in [2.05, 4.69) is 46.8 Å². The number of hydrogen-bond acceptors (Lipinski definition) is 5. The van der Waals surface area contributed by atoms with Crippen molar-refractivity contribution in [3.63, 3.8) is 0 Å². The maximum atomic E-state index is 13.2. The highest BCUT2D eigenvalue weighted by molar-refractivity contribution is 7.20. The molecule has 0 saturated carbocycles. The third-order valence-electron chi connectivity index (χ3n) is 4.98. The number of anilines is 2. The SMILES string of the molecule is CC(C)c1ccc(/C=N/Nc2nc(-c3ccccc3)c(NC(=O)c3ccc(F)cc3)s2)cc1. The molecule has 0 aliphatic carbocycles. The van der Waals surface area contributed by atoms with Crippen LogP contribution in [0.2, 0.25) is 0 Å². The zero-order valence-corrected chi connectivity index (χ0v) is 19.1. The van der Waals surface area contributed by atoms with Gasteiger partial charge < -0.3 is 5.32 Å². The van der Waals surface area contributed by atoms with Gasteiger partial charge in [0.1, 0.15) is 16.5 Å². The standard InChI is InChI=1S/C26H23FN4OS/c1-17(2)19-10-8-18(9-11-19)16-28-31-26-29-23(20-6-4-3-5-7-20)25(33-26)30-24(32)21-12-14-22(27)15-13-21/h3-17H,1-2H3,(H,29,31)(H,30,32)/b28-16+.